The van der Waals surface area contributed by atoms with Gasteiger partial charge in [-0.1, -0.05) is 6.07 Å². The van der Waals surface area contributed by atoms with Crippen LogP contribution in [0, 0.1) is 11.3 Å². The van der Waals surface area contributed by atoms with Crippen LogP contribution in [-0.2, 0) is 0 Å². The molecule has 1 heterocycles. The molecule has 0 amide bonds. The molecule has 6 nitrogen and oxygen atoms in total. The topological polar surface area (TPSA) is 90.9 Å². The molecule has 0 aliphatic rings. The highest BCUT2D eigenvalue weighted by Gasteiger charge is 2.11. The van der Waals surface area contributed by atoms with Gasteiger partial charge in [0, 0.05) is 18.9 Å². The van der Waals surface area contributed by atoms with E-state index in [4.69, 9.17) is 11.1 Å². The van der Waals surface area contributed by atoms with Crippen molar-refractivity contribution in [3.05, 3.63) is 40.5 Å². The number of nitriles is 1. The van der Waals surface area contributed by atoms with Gasteiger partial charge in [0.2, 0.25) is 5.95 Å². The Morgan fingerprint density at radius 2 is 2.26 bits per heavy atom. The Kier molecular flexibility index (Phi) is 3.94. The zero-order valence-corrected chi connectivity index (χ0v) is 11.7. The molecule has 0 fully saturated rings. The average Bonchev–Trinajstić information content (AvgIpc) is 2.47. The number of anilines is 3. The number of aromatic nitrogens is 2. The molecule has 0 saturated heterocycles. The number of hydrogen-bond donors (Lipinski definition) is 2. The summed E-state index contributed by atoms with van der Waals surface area (Å²) in [5.41, 5.74) is 3.84. The molecular weight excluding hydrogens is 308 g/mol. The van der Waals surface area contributed by atoms with E-state index < -0.39 is 0 Å². The van der Waals surface area contributed by atoms with E-state index in [1.807, 2.05) is 24.1 Å². The van der Waals surface area contributed by atoms with Crippen molar-refractivity contribution < 1.29 is 0 Å². The van der Waals surface area contributed by atoms with E-state index >= 15 is 0 Å². The molecule has 0 unspecified atom stereocenters. The van der Waals surface area contributed by atoms with Crippen LogP contribution in [-0.4, -0.2) is 17.0 Å². The first kappa shape index (κ1) is 13.3. The van der Waals surface area contributed by atoms with Gasteiger partial charge in [-0.3, -0.25) is 5.43 Å². The molecule has 0 radical (unpaired) electrons. The highest BCUT2D eigenvalue weighted by molar-refractivity contribution is 9.10. The van der Waals surface area contributed by atoms with E-state index in [2.05, 4.69) is 37.4 Å². The van der Waals surface area contributed by atoms with Crippen molar-refractivity contribution in [2.45, 2.75) is 0 Å². The predicted octanol–water partition coefficient (Wildman–Crippen LogP) is 2.16. The lowest BCUT2D eigenvalue weighted by Gasteiger charge is -2.20. The number of rotatable bonds is 3. The maximum absolute atomic E-state index is 8.92. The molecule has 96 valence electrons. The lowest BCUT2D eigenvalue weighted by molar-refractivity contribution is 1.05. The maximum Gasteiger partial charge on any atom is 0.239 e. The molecule has 0 atom stereocenters. The molecule has 3 N–H and O–H groups in total. The number of nitrogens with one attached hydrogen (secondary N) is 1. The molecule has 0 spiro atoms. The van der Waals surface area contributed by atoms with Crippen molar-refractivity contribution in [3.63, 3.8) is 0 Å². The second-order valence-electron chi connectivity index (χ2n) is 3.73. The SMILES string of the molecule is CN(c1cccc(C#N)c1)c1nc(NN)ncc1Br. The van der Waals surface area contributed by atoms with Crippen LogP contribution in [0.15, 0.2) is 34.9 Å². The summed E-state index contributed by atoms with van der Waals surface area (Å²) < 4.78 is 0.733. The average molecular weight is 319 g/mol. The summed E-state index contributed by atoms with van der Waals surface area (Å²) in [4.78, 5) is 10.1. The number of nitrogens with two attached hydrogens (primary N) is 1. The van der Waals surface area contributed by atoms with Crippen LogP contribution in [0.1, 0.15) is 5.56 Å². The molecule has 1 aromatic heterocycles. The van der Waals surface area contributed by atoms with Gasteiger partial charge in [0.05, 0.1) is 16.1 Å². The first-order valence-electron chi connectivity index (χ1n) is 5.38. The summed E-state index contributed by atoms with van der Waals surface area (Å²) >= 11 is 3.39. The van der Waals surface area contributed by atoms with Crippen molar-refractivity contribution in [2.24, 2.45) is 5.84 Å². The Morgan fingerprint density at radius 1 is 1.47 bits per heavy atom. The maximum atomic E-state index is 8.92. The molecule has 0 aliphatic heterocycles. The molecule has 0 aliphatic carbocycles. The smallest absolute Gasteiger partial charge is 0.239 e. The monoisotopic (exact) mass is 318 g/mol. The largest absolute Gasteiger partial charge is 0.328 e. The van der Waals surface area contributed by atoms with Crippen LogP contribution in [0.5, 0.6) is 0 Å². The van der Waals surface area contributed by atoms with Crippen molar-refractivity contribution in [3.8, 4) is 6.07 Å². The Bertz CT molecular complexity index is 636. The van der Waals surface area contributed by atoms with Gasteiger partial charge in [0.15, 0.2) is 5.82 Å². The Hall–Kier alpha value is -2.17. The second kappa shape index (κ2) is 5.65. The minimum atomic E-state index is 0.321. The number of nitrogen functional groups attached to an aromatic ring is 1. The molecule has 2 aromatic rings. The Balaban J connectivity index is 2.43. The molecule has 2 rings (SSSR count). The summed E-state index contributed by atoms with van der Waals surface area (Å²) in [6, 6.07) is 9.35. The van der Waals surface area contributed by atoms with Gasteiger partial charge in [0.25, 0.3) is 0 Å². The molecular formula is C12H11BrN6. The molecule has 7 heteroatoms. The van der Waals surface area contributed by atoms with Crippen molar-refractivity contribution in [1.82, 2.24) is 9.97 Å². The molecule has 1 aromatic carbocycles. The van der Waals surface area contributed by atoms with E-state index in [9.17, 15) is 0 Å². The van der Waals surface area contributed by atoms with E-state index in [0.29, 0.717) is 17.3 Å². The van der Waals surface area contributed by atoms with Gasteiger partial charge < -0.3 is 4.90 Å². The van der Waals surface area contributed by atoms with Gasteiger partial charge in [-0.15, -0.1) is 0 Å². The van der Waals surface area contributed by atoms with Gasteiger partial charge in [-0.2, -0.15) is 10.2 Å². The van der Waals surface area contributed by atoms with Crippen molar-refractivity contribution in [2.75, 3.05) is 17.4 Å². The molecule has 19 heavy (non-hydrogen) atoms. The number of nitrogens with zero attached hydrogens (tertiary/aromatic N) is 4. The van der Waals surface area contributed by atoms with Crippen LogP contribution in [0.25, 0.3) is 0 Å². The van der Waals surface area contributed by atoms with E-state index in [1.54, 1.807) is 18.3 Å². The normalized spacial score (nSPS) is 9.79. The minimum absolute atomic E-state index is 0.321. The Morgan fingerprint density at radius 3 is 2.95 bits per heavy atom. The lowest BCUT2D eigenvalue weighted by atomic mass is 10.2. The fourth-order valence-corrected chi connectivity index (χ4v) is 2.03. The first-order valence-corrected chi connectivity index (χ1v) is 6.18. The van der Waals surface area contributed by atoms with Crippen LogP contribution < -0.4 is 16.2 Å². The van der Waals surface area contributed by atoms with E-state index in [1.165, 1.54) is 0 Å². The molecule has 0 bridgehead atoms. The second-order valence-corrected chi connectivity index (χ2v) is 4.58. The third kappa shape index (κ3) is 2.81. The quantitative estimate of drug-likeness (QED) is 0.665. The summed E-state index contributed by atoms with van der Waals surface area (Å²) in [7, 11) is 1.85. The van der Waals surface area contributed by atoms with Gasteiger partial charge >= 0.3 is 0 Å². The number of hydrazine groups is 1. The summed E-state index contributed by atoms with van der Waals surface area (Å²) in [6.07, 6.45) is 1.61. The lowest BCUT2D eigenvalue weighted by Crippen LogP contribution is -2.16. The van der Waals surface area contributed by atoms with Gasteiger partial charge in [-0.05, 0) is 34.1 Å². The van der Waals surface area contributed by atoms with E-state index in [-0.39, 0.29) is 0 Å². The fourth-order valence-electron chi connectivity index (χ4n) is 1.57. The highest BCUT2D eigenvalue weighted by atomic mass is 79.9. The van der Waals surface area contributed by atoms with Crippen LogP contribution >= 0.6 is 15.9 Å². The van der Waals surface area contributed by atoms with E-state index in [0.717, 1.165) is 10.2 Å². The Labute approximate surface area is 119 Å². The van der Waals surface area contributed by atoms with Crippen LogP contribution in [0.2, 0.25) is 0 Å². The zero-order chi connectivity index (χ0) is 13.8. The predicted molar refractivity (Wildman–Crippen MR) is 76.8 cm³/mol. The summed E-state index contributed by atoms with van der Waals surface area (Å²) in [6.45, 7) is 0. The number of hydrogen-bond acceptors (Lipinski definition) is 6. The number of halogens is 1. The standard InChI is InChI=1S/C12H11BrN6/c1-19(9-4-2-3-8(5-9)6-14)11-10(13)7-16-12(17-11)18-15/h2-5,7H,15H2,1H3,(H,16,17,18). The summed E-state index contributed by atoms with van der Waals surface area (Å²) in [5.74, 6) is 6.27. The zero-order valence-electron chi connectivity index (χ0n) is 10.1. The third-order valence-electron chi connectivity index (χ3n) is 2.53. The van der Waals surface area contributed by atoms with Crippen molar-refractivity contribution >= 4 is 33.4 Å². The summed E-state index contributed by atoms with van der Waals surface area (Å²) in [5, 5.41) is 8.92. The van der Waals surface area contributed by atoms with Gasteiger partial charge in [-0.25, -0.2) is 10.8 Å². The van der Waals surface area contributed by atoms with Crippen molar-refractivity contribution in [1.29, 1.82) is 5.26 Å². The van der Waals surface area contributed by atoms with Crippen LogP contribution in [0.3, 0.4) is 0 Å². The van der Waals surface area contributed by atoms with Gasteiger partial charge in [0.1, 0.15) is 0 Å². The fraction of sp³-hybridized carbons (Fsp3) is 0.0833. The molecule has 0 saturated carbocycles. The first-order chi connectivity index (χ1) is 9.15. The third-order valence-corrected chi connectivity index (χ3v) is 3.09. The minimum Gasteiger partial charge on any atom is -0.328 e. The van der Waals surface area contributed by atoms with Crippen LogP contribution in [0.4, 0.5) is 17.5 Å². The number of benzene rings is 1. The highest BCUT2D eigenvalue weighted by Crippen LogP contribution is 2.29.